The van der Waals surface area contributed by atoms with E-state index in [2.05, 4.69) is 10.3 Å². The zero-order chi connectivity index (χ0) is 20.2. The van der Waals surface area contributed by atoms with Crippen molar-refractivity contribution in [2.24, 2.45) is 0 Å². The fraction of sp³-hybridized carbons (Fsp3) is 0.0625. The van der Waals surface area contributed by atoms with Crippen LogP contribution in [0.5, 0.6) is 11.6 Å². The van der Waals surface area contributed by atoms with Gasteiger partial charge in [-0.1, -0.05) is 34.8 Å². The Morgan fingerprint density at radius 3 is 2.15 bits per heavy atom. The number of benzene rings is 1. The maximum absolute atomic E-state index is 12.6. The van der Waals surface area contributed by atoms with Crippen molar-refractivity contribution in [1.82, 2.24) is 4.98 Å². The second-order valence-corrected chi connectivity index (χ2v) is 6.03. The average Bonchev–Trinajstić information content (AvgIpc) is 2.59. The predicted octanol–water partition coefficient (Wildman–Crippen LogP) is 6.20. The Kier molecular flexibility index (Phi) is 6.40. The molecular weight excluding hydrogens is 428 g/mol. The smallest absolute Gasteiger partial charge is 0.417 e. The van der Waals surface area contributed by atoms with Crippen LogP contribution in [0.15, 0.2) is 36.2 Å². The van der Waals surface area contributed by atoms with Crippen LogP contribution in [0.4, 0.5) is 18.9 Å². The van der Waals surface area contributed by atoms with Crippen LogP contribution >= 0.6 is 34.8 Å². The number of pyridine rings is 1. The van der Waals surface area contributed by atoms with E-state index in [0.29, 0.717) is 18.0 Å². The summed E-state index contributed by atoms with van der Waals surface area (Å²) < 4.78 is 43.3. The van der Waals surface area contributed by atoms with Crippen molar-refractivity contribution < 1.29 is 17.9 Å². The van der Waals surface area contributed by atoms with Crippen LogP contribution in [-0.2, 0) is 6.18 Å². The van der Waals surface area contributed by atoms with Crippen LogP contribution in [0.2, 0.25) is 15.1 Å². The molecule has 0 aliphatic carbocycles. The number of hydrogen-bond donors (Lipinski definition) is 1. The lowest BCUT2D eigenvalue weighted by Crippen LogP contribution is -2.06. The van der Waals surface area contributed by atoms with E-state index in [1.165, 1.54) is 12.1 Å². The first-order valence-electron chi connectivity index (χ1n) is 6.82. The number of hydrogen-bond acceptors (Lipinski definition) is 5. The highest BCUT2D eigenvalue weighted by molar-refractivity contribution is 6.37. The zero-order valence-corrected chi connectivity index (χ0v) is 15.2. The van der Waals surface area contributed by atoms with Gasteiger partial charge in [0.15, 0.2) is 5.75 Å². The number of nitrogens with zero attached hydrogens (tertiary/aromatic N) is 3. The third-order valence-electron chi connectivity index (χ3n) is 2.96. The van der Waals surface area contributed by atoms with Gasteiger partial charge in [0.25, 0.3) is 0 Å². The summed E-state index contributed by atoms with van der Waals surface area (Å²) >= 11 is 17.9. The minimum Gasteiger partial charge on any atom is -0.434 e. The molecule has 5 nitrogen and oxygen atoms in total. The van der Waals surface area contributed by atoms with Gasteiger partial charge < -0.3 is 10.1 Å². The quantitative estimate of drug-likeness (QED) is 0.581. The van der Waals surface area contributed by atoms with Crippen molar-refractivity contribution in [3.05, 3.63) is 56.8 Å². The molecule has 11 heteroatoms. The van der Waals surface area contributed by atoms with Crippen molar-refractivity contribution in [3.63, 3.8) is 0 Å². The standard InChI is InChI=1S/C16H6Cl3F3N4O/c17-11-2-10(25-6-8(4-23)5-24)3-12(18)14(11)27-15-13(19)1-9(7-26-15)16(20,21)22/h1-3,6-7,25H. The van der Waals surface area contributed by atoms with Crippen molar-refractivity contribution in [2.45, 2.75) is 6.18 Å². The summed E-state index contributed by atoms with van der Waals surface area (Å²) in [5.74, 6) is -0.395. The molecule has 0 aliphatic rings. The maximum atomic E-state index is 12.6. The summed E-state index contributed by atoms with van der Waals surface area (Å²) in [5.41, 5.74) is -0.871. The number of anilines is 1. The summed E-state index contributed by atoms with van der Waals surface area (Å²) in [7, 11) is 0. The van der Waals surface area contributed by atoms with Crippen molar-refractivity contribution in [2.75, 3.05) is 5.32 Å². The first-order chi connectivity index (χ1) is 12.7. The number of nitriles is 2. The first kappa shape index (κ1) is 20.7. The van der Waals surface area contributed by atoms with E-state index < -0.39 is 11.7 Å². The predicted molar refractivity (Wildman–Crippen MR) is 93.7 cm³/mol. The molecule has 1 aromatic carbocycles. The minimum absolute atomic E-state index is 0.00775. The summed E-state index contributed by atoms with van der Waals surface area (Å²) in [6, 6.07) is 6.71. The largest absolute Gasteiger partial charge is 0.434 e. The van der Waals surface area contributed by atoms with Gasteiger partial charge in [0.1, 0.15) is 22.7 Å². The molecule has 0 amide bonds. The molecule has 0 unspecified atom stereocenters. The van der Waals surface area contributed by atoms with E-state index in [1.54, 1.807) is 12.1 Å². The van der Waals surface area contributed by atoms with Crippen LogP contribution < -0.4 is 10.1 Å². The van der Waals surface area contributed by atoms with E-state index in [0.717, 1.165) is 6.20 Å². The van der Waals surface area contributed by atoms with Crippen LogP contribution in [-0.4, -0.2) is 4.98 Å². The van der Waals surface area contributed by atoms with Crippen molar-refractivity contribution >= 4 is 40.5 Å². The SMILES string of the molecule is N#CC(C#N)=CNc1cc(Cl)c(Oc2ncc(C(F)(F)F)cc2Cl)c(Cl)c1. The van der Waals surface area contributed by atoms with Crippen LogP contribution in [0.3, 0.4) is 0 Å². The van der Waals surface area contributed by atoms with Gasteiger partial charge in [0.05, 0.1) is 15.6 Å². The highest BCUT2D eigenvalue weighted by atomic mass is 35.5. The van der Waals surface area contributed by atoms with Crippen LogP contribution in [0.1, 0.15) is 5.56 Å². The summed E-state index contributed by atoms with van der Waals surface area (Å²) in [6.07, 6.45) is -2.89. The molecule has 1 N–H and O–H groups in total. The molecule has 1 heterocycles. The van der Waals surface area contributed by atoms with E-state index in [1.807, 2.05) is 0 Å². The van der Waals surface area contributed by atoms with Gasteiger partial charge >= 0.3 is 6.18 Å². The fourth-order valence-corrected chi connectivity index (χ4v) is 2.51. The zero-order valence-electron chi connectivity index (χ0n) is 12.9. The lowest BCUT2D eigenvalue weighted by atomic mass is 10.2. The number of halogens is 6. The molecule has 0 atom stereocenters. The van der Waals surface area contributed by atoms with Crippen molar-refractivity contribution in [1.29, 1.82) is 10.5 Å². The summed E-state index contributed by atoms with van der Waals surface area (Å²) in [6.45, 7) is 0. The van der Waals surface area contributed by atoms with Gasteiger partial charge in [0.2, 0.25) is 5.88 Å². The Hall–Kier alpha value is -2.65. The number of allylic oxidation sites excluding steroid dienone is 1. The Bertz CT molecular complexity index is 955. The lowest BCUT2D eigenvalue weighted by molar-refractivity contribution is -0.137. The first-order valence-corrected chi connectivity index (χ1v) is 7.95. The molecular formula is C16H6Cl3F3N4O. The van der Waals surface area contributed by atoms with Gasteiger partial charge in [-0.25, -0.2) is 4.98 Å². The lowest BCUT2D eigenvalue weighted by Gasteiger charge is -2.13. The topological polar surface area (TPSA) is 81.7 Å². The molecule has 0 bridgehead atoms. The van der Waals surface area contributed by atoms with E-state index in [4.69, 9.17) is 50.1 Å². The average molecular weight is 434 g/mol. The van der Waals surface area contributed by atoms with Gasteiger partial charge in [0, 0.05) is 18.1 Å². The molecule has 2 aromatic rings. The maximum Gasteiger partial charge on any atom is 0.417 e. The van der Waals surface area contributed by atoms with Gasteiger partial charge in [-0.2, -0.15) is 23.7 Å². The normalized spacial score (nSPS) is 10.5. The van der Waals surface area contributed by atoms with Gasteiger partial charge in [-0.15, -0.1) is 0 Å². The minimum atomic E-state index is -4.60. The van der Waals surface area contributed by atoms with Crippen molar-refractivity contribution in [3.8, 4) is 23.8 Å². The Balaban J connectivity index is 2.30. The second-order valence-electron chi connectivity index (χ2n) is 4.81. The Morgan fingerprint density at radius 2 is 1.67 bits per heavy atom. The van der Waals surface area contributed by atoms with E-state index in [-0.39, 0.29) is 32.3 Å². The molecule has 0 fully saturated rings. The number of ether oxygens (including phenoxy) is 1. The summed E-state index contributed by atoms with van der Waals surface area (Å²) in [4.78, 5) is 3.54. The highest BCUT2D eigenvalue weighted by Gasteiger charge is 2.32. The number of nitrogens with one attached hydrogen (secondary N) is 1. The summed E-state index contributed by atoms with van der Waals surface area (Å²) in [5, 5.41) is 19.6. The molecule has 0 saturated heterocycles. The number of aromatic nitrogens is 1. The van der Waals surface area contributed by atoms with Crippen LogP contribution in [0.25, 0.3) is 0 Å². The molecule has 0 spiro atoms. The highest BCUT2D eigenvalue weighted by Crippen LogP contribution is 2.41. The van der Waals surface area contributed by atoms with Crippen LogP contribution in [0, 0.1) is 22.7 Å². The molecule has 2 rings (SSSR count). The monoisotopic (exact) mass is 432 g/mol. The second kappa shape index (κ2) is 8.36. The van der Waals surface area contributed by atoms with Gasteiger partial charge in [-0.05, 0) is 18.2 Å². The molecule has 0 aliphatic heterocycles. The third-order valence-corrected chi connectivity index (χ3v) is 3.79. The fourth-order valence-electron chi connectivity index (χ4n) is 1.74. The van der Waals surface area contributed by atoms with E-state index in [9.17, 15) is 13.2 Å². The molecule has 1 aromatic heterocycles. The van der Waals surface area contributed by atoms with E-state index >= 15 is 0 Å². The third kappa shape index (κ3) is 5.18. The Morgan fingerprint density at radius 1 is 1.07 bits per heavy atom. The number of alkyl halides is 3. The molecule has 138 valence electrons. The number of rotatable bonds is 4. The van der Waals surface area contributed by atoms with Gasteiger partial charge in [-0.3, -0.25) is 0 Å². The molecule has 0 saturated carbocycles. The Labute approximate surface area is 166 Å². The molecule has 0 radical (unpaired) electrons. The molecule has 27 heavy (non-hydrogen) atoms.